The van der Waals surface area contributed by atoms with E-state index in [1.54, 1.807) is 29.5 Å². The van der Waals surface area contributed by atoms with Gasteiger partial charge in [0.05, 0.1) is 22.0 Å². The maximum absolute atomic E-state index is 11.4. The normalized spacial score (nSPS) is 10.1. The minimum absolute atomic E-state index is 0.00679. The summed E-state index contributed by atoms with van der Waals surface area (Å²) in [5.41, 5.74) is 2.90. The zero-order valence-corrected chi connectivity index (χ0v) is 12.3. The van der Waals surface area contributed by atoms with Crippen molar-refractivity contribution in [2.45, 2.75) is 20.3 Å². The Balaban J connectivity index is 2.06. The zero-order valence-electron chi connectivity index (χ0n) is 11.4. The second-order valence-corrected chi connectivity index (χ2v) is 5.53. The van der Waals surface area contributed by atoms with Gasteiger partial charge < -0.3 is 5.32 Å². The topological polar surface area (TPSA) is 65.8 Å². The number of nitrogens with one attached hydrogen (secondary N) is 1. The van der Waals surface area contributed by atoms with Crippen molar-refractivity contribution in [1.82, 2.24) is 4.98 Å². The number of aryl methyl sites for hydroxylation is 1. The van der Waals surface area contributed by atoms with Crippen LogP contribution >= 0.6 is 11.3 Å². The van der Waals surface area contributed by atoms with Gasteiger partial charge in [-0.25, -0.2) is 4.98 Å². The molecule has 0 amide bonds. The number of ketones is 1. The van der Waals surface area contributed by atoms with E-state index in [1.807, 2.05) is 12.3 Å². The molecule has 1 aromatic carbocycles. The molecule has 5 heteroatoms. The molecule has 1 aromatic heterocycles. The van der Waals surface area contributed by atoms with Gasteiger partial charge in [-0.05, 0) is 32.0 Å². The van der Waals surface area contributed by atoms with Crippen LogP contribution in [-0.4, -0.2) is 17.3 Å². The summed E-state index contributed by atoms with van der Waals surface area (Å²) in [6.07, 6.45) is 0.791. The number of aromatic nitrogens is 1. The molecule has 0 saturated heterocycles. The summed E-state index contributed by atoms with van der Waals surface area (Å²) in [7, 11) is 0. The molecule has 0 atom stereocenters. The Labute approximate surface area is 122 Å². The van der Waals surface area contributed by atoms with Crippen LogP contribution in [0, 0.1) is 18.3 Å². The molecule has 0 aliphatic rings. The van der Waals surface area contributed by atoms with Crippen LogP contribution in [0.2, 0.25) is 0 Å². The van der Waals surface area contributed by atoms with E-state index in [0.717, 1.165) is 17.1 Å². The van der Waals surface area contributed by atoms with Gasteiger partial charge in [-0.2, -0.15) is 5.26 Å². The Morgan fingerprint density at radius 3 is 2.90 bits per heavy atom. The molecule has 0 radical (unpaired) electrons. The van der Waals surface area contributed by atoms with Crippen molar-refractivity contribution >= 4 is 22.8 Å². The van der Waals surface area contributed by atoms with Gasteiger partial charge in [0.15, 0.2) is 5.78 Å². The number of carbonyl (C=O) groups is 1. The van der Waals surface area contributed by atoms with E-state index < -0.39 is 0 Å². The van der Waals surface area contributed by atoms with Crippen molar-refractivity contribution in [2.24, 2.45) is 0 Å². The van der Waals surface area contributed by atoms with Crippen LogP contribution < -0.4 is 5.32 Å². The molecule has 4 nitrogen and oxygen atoms in total. The maximum atomic E-state index is 11.4. The highest BCUT2D eigenvalue weighted by molar-refractivity contribution is 7.09. The van der Waals surface area contributed by atoms with Gasteiger partial charge in [0, 0.05) is 23.9 Å². The molecular formula is C15H15N3OS. The minimum Gasteiger partial charge on any atom is -0.384 e. The van der Waals surface area contributed by atoms with Crippen LogP contribution in [0.15, 0.2) is 23.6 Å². The van der Waals surface area contributed by atoms with Crippen LogP contribution in [0.5, 0.6) is 0 Å². The summed E-state index contributed by atoms with van der Waals surface area (Å²) in [4.78, 5) is 15.8. The minimum atomic E-state index is -0.00679. The first-order valence-corrected chi connectivity index (χ1v) is 7.18. The first-order valence-electron chi connectivity index (χ1n) is 6.30. The van der Waals surface area contributed by atoms with Gasteiger partial charge >= 0.3 is 0 Å². The highest BCUT2D eigenvalue weighted by atomic mass is 32.1. The van der Waals surface area contributed by atoms with E-state index >= 15 is 0 Å². The van der Waals surface area contributed by atoms with Gasteiger partial charge in [0.2, 0.25) is 0 Å². The number of hydrogen-bond donors (Lipinski definition) is 1. The maximum Gasteiger partial charge on any atom is 0.159 e. The van der Waals surface area contributed by atoms with Crippen molar-refractivity contribution < 1.29 is 4.79 Å². The van der Waals surface area contributed by atoms with Gasteiger partial charge in [0.1, 0.15) is 6.07 Å². The summed E-state index contributed by atoms with van der Waals surface area (Å²) in [6, 6.07) is 7.21. The lowest BCUT2D eigenvalue weighted by Gasteiger charge is -2.08. The Bertz CT molecular complexity index is 670. The molecular weight excluding hydrogens is 270 g/mol. The number of anilines is 1. The molecule has 0 saturated carbocycles. The predicted molar refractivity (Wildman–Crippen MR) is 80.2 cm³/mol. The van der Waals surface area contributed by atoms with E-state index in [9.17, 15) is 4.79 Å². The standard InChI is InChI=1S/C15H15N3OS/c1-10(19)12-3-4-13(8-16)15(7-12)17-6-5-14-9-20-11(2)18-14/h3-4,7,9,17H,5-6H2,1-2H3. The average molecular weight is 285 g/mol. The number of nitriles is 1. The molecule has 1 heterocycles. The summed E-state index contributed by atoms with van der Waals surface area (Å²) in [5.74, 6) is -0.00679. The van der Waals surface area contributed by atoms with Gasteiger partial charge in [-0.1, -0.05) is 0 Å². The summed E-state index contributed by atoms with van der Waals surface area (Å²) in [5, 5.41) is 15.4. The van der Waals surface area contributed by atoms with E-state index in [4.69, 9.17) is 5.26 Å². The van der Waals surface area contributed by atoms with Crippen LogP contribution in [0.25, 0.3) is 0 Å². The van der Waals surface area contributed by atoms with Crippen LogP contribution in [0.3, 0.4) is 0 Å². The molecule has 0 aliphatic heterocycles. The molecule has 0 spiro atoms. The number of rotatable bonds is 5. The Morgan fingerprint density at radius 2 is 2.30 bits per heavy atom. The van der Waals surface area contributed by atoms with Gasteiger partial charge in [-0.3, -0.25) is 4.79 Å². The predicted octanol–water partition coefficient (Wildman–Crippen LogP) is 3.18. The van der Waals surface area contributed by atoms with Crippen molar-refractivity contribution in [3.8, 4) is 6.07 Å². The molecule has 2 aromatic rings. The van der Waals surface area contributed by atoms with Gasteiger partial charge in [0.25, 0.3) is 0 Å². The number of Topliss-reactive ketones (excluding diaryl/α,β-unsaturated/α-hetero) is 1. The number of thiazole rings is 1. The summed E-state index contributed by atoms with van der Waals surface area (Å²) >= 11 is 1.63. The molecule has 0 aliphatic carbocycles. The fourth-order valence-electron chi connectivity index (χ4n) is 1.86. The highest BCUT2D eigenvalue weighted by Gasteiger charge is 2.06. The van der Waals surface area contributed by atoms with E-state index in [0.29, 0.717) is 23.4 Å². The second-order valence-electron chi connectivity index (χ2n) is 4.46. The molecule has 102 valence electrons. The van der Waals surface area contributed by atoms with Crippen molar-refractivity contribution in [3.63, 3.8) is 0 Å². The van der Waals surface area contributed by atoms with Crippen molar-refractivity contribution in [2.75, 3.05) is 11.9 Å². The van der Waals surface area contributed by atoms with E-state index in [-0.39, 0.29) is 5.78 Å². The lowest BCUT2D eigenvalue weighted by atomic mass is 10.1. The fourth-order valence-corrected chi connectivity index (χ4v) is 2.50. The Hall–Kier alpha value is -2.19. The number of benzene rings is 1. The molecule has 0 fully saturated rings. The molecule has 1 N–H and O–H groups in total. The quantitative estimate of drug-likeness (QED) is 0.857. The average Bonchev–Trinajstić information content (AvgIpc) is 2.84. The molecule has 20 heavy (non-hydrogen) atoms. The van der Waals surface area contributed by atoms with Crippen LogP contribution in [0.1, 0.15) is 33.5 Å². The van der Waals surface area contributed by atoms with E-state index in [1.165, 1.54) is 6.92 Å². The first kappa shape index (κ1) is 14.2. The number of carbonyl (C=O) groups excluding carboxylic acids is 1. The first-order chi connectivity index (χ1) is 9.60. The summed E-state index contributed by atoms with van der Waals surface area (Å²) in [6.45, 7) is 4.17. The number of nitrogens with zero attached hydrogens (tertiary/aromatic N) is 2. The van der Waals surface area contributed by atoms with Crippen molar-refractivity contribution in [3.05, 3.63) is 45.4 Å². The molecule has 0 bridgehead atoms. The molecule has 2 rings (SSSR count). The Kier molecular flexibility index (Phi) is 4.49. The van der Waals surface area contributed by atoms with Crippen LogP contribution in [0.4, 0.5) is 5.69 Å². The number of hydrogen-bond acceptors (Lipinski definition) is 5. The van der Waals surface area contributed by atoms with Crippen molar-refractivity contribution in [1.29, 1.82) is 5.26 Å². The highest BCUT2D eigenvalue weighted by Crippen LogP contribution is 2.18. The van der Waals surface area contributed by atoms with E-state index in [2.05, 4.69) is 16.4 Å². The SMILES string of the molecule is CC(=O)c1ccc(C#N)c(NCCc2csc(C)n2)c1. The largest absolute Gasteiger partial charge is 0.384 e. The molecule has 0 unspecified atom stereocenters. The summed E-state index contributed by atoms with van der Waals surface area (Å²) < 4.78 is 0. The van der Waals surface area contributed by atoms with Gasteiger partial charge in [-0.15, -0.1) is 11.3 Å². The fraction of sp³-hybridized carbons (Fsp3) is 0.267. The van der Waals surface area contributed by atoms with Crippen LogP contribution in [-0.2, 0) is 6.42 Å². The Morgan fingerprint density at radius 1 is 1.50 bits per heavy atom. The third kappa shape index (κ3) is 3.43. The monoisotopic (exact) mass is 285 g/mol. The smallest absolute Gasteiger partial charge is 0.159 e. The third-order valence-corrected chi connectivity index (χ3v) is 3.73. The third-order valence-electron chi connectivity index (χ3n) is 2.91. The lowest BCUT2D eigenvalue weighted by molar-refractivity contribution is 0.101. The second kappa shape index (κ2) is 6.31. The zero-order chi connectivity index (χ0) is 14.5. The lowest BCUT2D eigenvalue weighted by Crippen LogP contribution is -2.07.